The lowest BCUT2D eigenvalue weighted by molar-refractivity contribution is -0.121. The van der Waals surface area contributed by atoms with Crippen LogP contribution >= 0.6 is 0 Å². The lowest BCUT2D eigenvalue weighted by Gasteiger charge is -2.21. The molecule has 0 saturated carbocycles. The second-order valence-corrected chi connectivity index (χ2v) is 8.27. The molecule has 1 aromatic heterocycles. The zero-order valence-electron chi connectivity index (χ0n) is 17.8. The van der Waals surface area contributed by atoms with Crippen molar-refractivity contribution in [2.24, 2.45) is 4.99 Å². The van der Waals surface area contributed by atoms with Gasteiger partial charge >= 0.3 is 0 Å². The summed E-state index contributed by atoms with van der Waals surface area (Å²) in [6, 6.07) is 4.18. The lowest BCUT2D eigenvalue weighted by Crippen LogP contribution is -2.48. The first-order valence-corrected chi connectivity index (χ1v) is 10.4. The van der Waals surface area contributed by atoms with E-state index in [1.807, 2.05) is 33.9 Å². The maximum Gasteiger partial charge on any atom is 0.239 e. The van der Waals surface area contributed by atoms with Crippen molar-refractivity contribution in [3.8, 4) is 0 Å². The summed E-state index contributed by atoms with van der Waals surface area (Å²) in [4.78, 5) is 23.6. The van der Waals surface area contributed by atoms with E-state index in [9.17, 15) is 4.79 Å². The number of anilines is 1. The minimum absolute atomic E-state index is 0.0541. The van der Waals surface area contributed by atoms with Gasteiger partial charge in [0, 0.05) is 31.4 Å². The highest BCUT2D eigenvalue weighted by atomic mass is 16.2. The van der Waals surface area contributed by atoms with Crippen LogP contribution in [0, 0.1) is 0 Å². The number of aromatic nitrogens is 1. The molecule has 1 amide bonds. The summed E-state index contributed by atoms with van der Waals surface area (Å²) in [5.74, 6) is 1.63. The van der Waals surface area contributed by atoms with Gasteiger partial charge < -0.3 is 20.9 Å². The molecule has 28 heavy (non-hydrogen) atoms. The van der Waals surface area contributed by atoms with Crippen molar-refractivity contribution < 1.29 is 4.79 Å². The Bertz CT molecular complexity index is 627. The molecule has 0 atom stereocenters. The summed E-state index contributed by atoms with van der Waals surface area (Å²) >= 11 is 0. The van der Waals surface area contributed by atoms with E-state index < -0.39 is 0 Å². The molecular weight excluding hydrogens is 352 g/mol. The highest BCUT2D eigenvalue weighted by Crippen LogP contribution is 2.17. The molecule has 0 unspecified atom stereocenters. The van der Waals surface area contributed by atoms with Crippen molar-refractivity contribution in [3.63, 3.8) is 0 Å². The van der Waals surface area contributed by atoms with E-state index in [1.54, 1.807) is 0 Å². The molecule has 0 radical (unpaired) electrons. The van der Waals surface area contributed by atoms with Crippen molar-refractivity contribution in [3.05, 3.63) is 23.9 Å². The number of carbonyl (C=O) groups excluding carboxylic acids is 1. The Kier molecular flexibility index (Phi) is 8.54. The summed E-state index contributed by atoms with van der Waals surface area (Å²) in [6.45, 7) is 11.5. The third kappa shape index (κ3) is 8.15. The average Bonchev–Trinajstić information content (AvgIpc) is 2.92. The predicted molar refractivity (Wildman–Crippen MR) is 116 cm³/mol. The van der Waals surface area contributed by atoms with Crippen molar-refractivity contribution in [2.45, 2.75) is 65.5 Å². The van der Waals surface area contributed by atoms with Gasteiger partial charge in [0.2, 0.25) is 5.91 Å². The van der Waals surface area contributed by atoms with Crippen LogP contribution in [0.4, 0.5) is 5.82 Å². The lowest BCUT2D eigenvalue weighted by atomic mass is 10.1. The largest absolute Gasteiger partial charge is 0.357 e. The van der Waals surface area contributed by atoms with Crippen LogP contribution in [0.1, 0.15) is 58.9 Å². The number of amides is 1. The van der Waals surface area contributed by atoms with E-state index in [1.165, 1.54) is 25.7 Å². The third-order valence-corrected chi connectivity index (χ3v) is 4.43. The van der Waals surface area contributed by atoms with Gasteiger partial charge in [0.15, 0.2) is 5.96 Å². The van der Waals surface area contributed by atoms with Crippen molar-refractivity contribution in [1.82, 2.24) is 20.9 Å². The standard InChI is InChI=1S/C21H36N6O/c1-5-22-20(25-16-19(28)26-21(2,3)4)24-15-17-10-11-18(23-14-17)27-12-8-6-7-9-13-27/h10-11,14H,5-9,12-13,15-16H2,1-4H3,(H,26,28)(H2,22,24,25). The summed E-state index contributed by atoms with van der Waals surface area (Å²) in [5, 5.41) is 9.19. The molecule has 1 fully saturated rings. The first kappa shape index (κ1) is 22.0. The van der Waals surface area contributed by atoms with Gasteiger partial charge in [-0.15, -0.1) is 0 Å². The molecule has 2 heterocycles. The highest BCUT2D eigenvalue weighted by Gasteiger charge is 2.14. The summed E-state index contributed by atoms with van der Waals surface area (Å²) < 4.78 is 0. The molecule has 7 heteroatoms. The Labute approximate surface area is 169 Å². The number of nitrogens with zero attached hydrogens (tertiary/aromatic N) is 3. The van der Waals surface area contributed by atoms with Crippen molar-refractivity contribution in [1.29, 1.82) is 0 Å². The Morgan fingerprint density at radius 1 is 1.14 bits per heavy atom. The van der Waals surface area contributed by atoms with E-state index in [0.717, 1.165) is 31.0 Å². The van der Waals surface area contributed by atoms with E-state index in [-0.39, 0.29) is 18.0 Å². The van der Waals surface area contributed by atoms with Gasteiger partial charge in [0.25, 0.3) is 0 Å². The number of rotatable bonds is 6. The van der Waals surface area contributed by atoms with Gasteiger partial charge in [-0.1, -0.05) is 18.9 Å². The minimum atomic E-state index is -0.241. The summed E-state index contributed by atoms with van der Waals surface area (Å²) in [7, 11) is 0. The summed E-state index contributed by atoms with van der Waals surface area (Å²) in [6.07, 6.45) is 7.02. The monoisotopic (exact) mass is 388 g/mol. The molecule has 0 spiro atoms. The molecule has 1 aliphatic heterocycles. The molecule has 2 rings (SSSR count). The number of aliphatic imine (C=N–C) groups is 1. The van der Waals surface area contributed by atoms with Crippen LogP contribution < -0.4 is 20.9 Å². The second kappa shape index (κ2) is 10.9. The molecule has 3 N–H and O–H groups in total. The van der Waals surface area contributed by atoms with E-state index >= 15 is 0 Å². The van der Waals surface area contributed by atoms with Gasteiger partial charge in [-0.3, -0.25) is 4.79 Å². The Hall–Kier alpha value is -2.31. The van der Waals surface area contributed by atoms with Gasteiger partial charge in [-0.2, -0.15) is 0 Å². The molecule has 0 aliphatic carbocycles. The normalized spacial score (nSPS) is 15.7. The molecule has 1 aromatic rings. The van der Waals surface area contributed by atoms with Crippen LogP contribution in [0.2, 0.25) is 0 Å². The first-order chi connectivity index (χ1) is 13.4. The van der Waals surface area contributed by atoms with Crippen LogP contribution in [-0.2, 0) is 11.3 Å². The maximum absolute atomic E-state index is 12.0. The van der Waals surface area contributed by atoms with Gasteiger partial charge in [0.1, 0.15) is 5.82 Å². The molecule has 1 aliphatic rings. The van der Waals surface area contributed by atoms with Gasteiger partial charge in [-0.05, 0) is 52.2 Å². The third-order valence-electron chi connectivity index (χ3n) is 4.43. The predicted octanol–water partition coefficient (Wildman–Crippen LogP) is 2.43. The molecular formula is C21H36N6O. The Balaban J connectivity index is 1.89. The van der Waals surface area contributed by atoms with Crippen molar-refractivity contribution in [2.75, 3.05) is 31.1 Å². The fourth-order valence-electron chi connectivity index (χ4n) is 3.14. The van der Waals surface area contributed by atoms with Crippen LogP contribution in [0.5, 0.6) is 0 Å². The van der Waals surface area contributed by atoms with Crippen LogP contribution in [-0.4, -0.2) is 48.6 Å². The van der Waals surface area contributed by atoms with E-state index in [2.05, 4.69) is 43.0 Å². The smallest absolute Gasteiger partial charge is 0.239 e. The Morgan fingerprint density at radius 3 is 2.43 bits per heavy atom. The van der Waals surface area contributed by atoms with E-state index in [0.29, 0.717) is 12.5 Å². The first-order valence-electron chi connectivity index (χ1n) is 10.4. The molecule has 156 valence electrons. The maximum atomic E-state index is 12.0. The number of pyridine rings is 1. The highest BCUT2D eigenvalue weighted by molar-refractivity contribution is 5.86. The Morgan fingerprint density at radius 2 is 1.86 bits per heavy atom. The molecule has 0 aromatic carbocycles. The number of hydrogen-bond acceptors (Lipinski definition) is 4. The average molecular weight is 389 g/mol. The topological polar surface area (TPSA) is 81.7 Å². The number of hydrogen-bond donors (Lipinski definition) is 3. The van der Waals surface area contributed by atoms with Crippen LogP contribution in [0.15, 0.2) is 23.3 Å². The quantitative estimate of drug-likeness (QED) is 0.515. The fourth-order valence-corrected chi connectivity index (χ4v) is 3.14. The SMILES string of the molecule is CCNC(=NCc1ccc(N2CCCCCC2)nc1)NCC(=O)NC(C)(C)C. The van der Waals surface area contributed by atoms with Crippen molar-refractivity contribution >= 4 is 17.7 Å². The number of carbonyl (C=O) groups is 1. The van der Waals surface area contributed by atoms with Crippen LogP contribution in [0.25, 0.3) is 0 Å². The van der Waals surface area contributed by atoms with Crippen LogP contribution in [0.3, 0.4) is 0 Å². The minimum Gasteiger partial charge on any atom is -0.357 e. The zero-order chi connectivity index (χ0) is 20.4. The second-order valence-electron chi connectivity index (χ2n) is 8.27. The van der Waals surface area contributed by atoms with E-state index in [4.69, 9.17) is 0 Å². The van der Waals surface area contributed by atoms with Gasteiger partial charge in [-0.25, -0.2) is 9.98 Å². The molecule has 7 nitrogen and oxygen atoms in total. The molecule has 1 saturated heterocycles. The fraction of sp³-hybridized carbons (Fsp3) is 0.667. The summed E-state index contributed by atoms with van der Waals surface area (Å²) in [5.41, 5.74) is 0.810. The number of nitrogens with one attached hydrogen (secondary N) is 3. The zero-order valence-corrected chi connectivity index (χ0v) is 17.8. The van der Waals surface area contributed by atoms with Gasteiger partial charge in [0.05, 0.1) is 13.1 Å². The number of guanidine groups is 1. The molecule has 0 bridgehead atoms.